The van der Waals surface area contributed by atoms with E-state index in [-0.39, 0.29) is 18.9 Å². The number of ether oxygens (including phenoxy) is 3. The van der Waals surface area contributed by atoms with Crippen LogP contribution in [0, 0.1) is 5.92 Å². The summed E-state index contributed by atoms with van der Waals surface area (Å²) in [5.74, 6) is 0.159. The van der Waals surface area contributed by atoms with Crippen LogP contribution in [0.2, 0.25) is 0 Å². The predicted octanol–water partition coefficient (Wildman–Crippen LogP) is 3.03. The van der Waals surface area contributed by atoms with E-state index in [0.29, 0.717) is 4.38 Å². The van der Waals surface area contributed by atoms with Crippen LogP contribution in [0.4, 0.5) is 4.79 Å². The zero-order valence-corrected chi connectivity index (χ0v) is 15.4. The van der Waals surface area contributed by atoms with Gasteiger partial charge in [-0.1, -0.05) is 53.5 Å². The first-order chi connectivity index (χ1) is 10.2. The summed E-state index contributed by atoms with van der Waals surface area (Å²) in [6, 6.07) is 0. The Balaban J connectivity index is 2.24. The molecule has 22 heavy (non-hydrogen) atoms. The van der Waals surface area contributed by atoms with Gasteiger partial charge < -0.3 is 19.5 Å². The Morgan fingerprint density at radius 3 is 2.64 bits per heavy atom. The van der Waals surface area contributed by atoms with Crippen molar-refractivity contribution >= 4 is 75.2 Å². The topological polar surface area (TPSA) is 73.9 Å². The second kappa shape index (κ2) is 9.22. The van der Waals surface area contributed by atoms with Crippen molar-refractivity contribution < 1.29 is 23.8 Å². The molecule has 1 heterocycles. The molecule has 0 aromatic heterocycles. The fraction of sp³-hybridized carbons (Fsp3) is 0.727. The van der Waals surface area contributed by atoms with Gasteiger partial charge in [0.15, 0.2) is 6.23 Å². The van der Waals surface area contributed by atoms with Gasteiger partial charge in [0.1, 0.15) is 6.61 Å². The van der Waals surface area contributed by atoms with Gasteiger partial charge in [-0.15, -0.1) is 0 Å². The van der Waals surface area contributed by atoms with Crippen LogP contribution < -0.4 is 5.32 Å². The number of amides is 1. The summed E-state index contributed by atoms with van der Waals surface area (Å²) in [5, 5.41) is 2.58. The standard InChI is InChI=1S/C11H14Cl3NO5S2/c1-2-22-10(21)20-8-6(7(16)15-8)3-4-18-9(17)19-5-11(12,13)14/h6,8H,2-5H2,1H3,(H,15,16)/t6-,8+/m0/s1. The molecule has 0 spiro atoms. The molecule has 0 aromatic carbocycles. The van der Waals surface area contributed by atoms with Crippen molar-refractivity contribution in [2.45, 2.75) is 23.4 Å². The van der Waals surface area contributed by atoms with Crippen molar-refractivity contribution in [3.8, 4) is 0 Å². The smallest absolute Gasteiger partial charge is 0.454 e. The highest BCUT2D eigenvalue weighted by molar-refractivity contribution is 8.22. The number of thioether (sulfide) groups is 1. The van der Waals surface area contributed by atoms with Crippen LogP contribution in [-0.2, 0) is 19.0 Å². The Morgan fingerprint density at radius 1 is 1.41 bits per heavy atom. The number of hydrogen-bond donors (Lipinski definition) is 1. The maximum Gasteiger partial charge on any atom is 0.508 e. The number of hydrogen-bond acceptors (Lipinski definition) is 7. The molecule has 0 radical (unpaired) electrons. The molecule has 1 amide bonds. The fourth-order valence-electron chi connectivity index (χ4n) is 1.49. The van der Waals surface area contributed by atoms with E-state index in [0.717, 1.165) is 5.75 Å². The molecule has 1 saturated heterocycles. The monoisotopic (exact) mass is 409 g/mol. The summed E-state index contributed by atoms with van der Waals surface area (Å²) in [4.78, 5) is 22.7. The second-order valence-corrected chi connectivity index (χ2v) is 8.51. The number of β-lactam (4-membered cyclic amide) rings is 1. The van der Waals surface area contributed by atoms with E-state index in [1.54, 1.807) is 0 Å². The Hall–Kier alpha value is -0.150. The molecule has 11 heteroatoms. The molecule has 0 aliphatic carbocycles. The zero-order chi connectivity index (χ0) is 16.8. The molecule has 0 aromatic rings. The molecule has 2 atom stereocenters. The third-order valence-corrected chi connectivity index (χ3v) is 3.87. The molecule has 1 N–H and O–H groups in total. The zero-order valence-electron chi connectivity index (χ0n) is 11.5. The predicted molar refractivity (Wildman–Crippen MR) is 89.4 cm³/mol. The summed E-state index contributed by atoms with van der Waals surface area (Å²) in [7, 11) is 0. The minimum Gasteiger partial charge on any atom is -0.454 e. The summed E-state index contributed by atoms with van der Waals surface area (Å²) in [6.07, 6.45) is -1.20. The maximum absolute atomic E-state index is 11.4. The van der Waals surface area contributed by atoms with E-state index < -0.39 is 28.7 Å². The average Bonchev–Trinajstić information content (AvgIpc) is 2.40. The van der Waals surface area contributed by atoms with E-state index in [2.05, 4.69) is 10.1 Å². The van der Waals surface area contributed by atoms with Crippen LogP contribution in [0.15, 0.2) is 0 Å². The highest BCUT2D eigenvalue weighted by Gasteiger charge is 2.41. The highest BCUT2D eigenvalue weighted by Crippen LogP contribution is 2.26. The first-order valence-electron chi connectivity index (χ1n) is 6.23. The lowest BCUT2D eigenvalue weighted by atomic mass is 9.96. The first-order valence-corrected chi connectivity index (χ1v) is 8.75. The van der Waals surface area contributed by atoms with Crippen molar-refractivity contribution in [2.24, 2.45) is 5.92 Å². The van der Waals surface area contributed by atoms with Gasteiger partial charge in [-0.2, -0.15) is 0 Å². The number of thiocarbonyl (C=S) groups is 1. The molecular formula is C11H14Cl3NO5S2. The second-order valence-electron chi connectivity index (χ2n) is 4.13. The molecule has 126 valence electrons. The summed E-state index contributed by atoms with van der Waals surface area (Å²) < 4.78 is 13.4. The van der Waals surface area contributed by atoms with Gasteiger partial charge in [0.05, 0.1) is 12.5 Å². The van der Waals surface area contributed by atoms with Crippen molar-refractivity contribution in [2.75, 3.05) is 19.0 Å². The quantitative estimate of drug-likeness (QED) is 0.312. The van der Waals surface area contributed by atoms with E-state index in [4.69, 9.17) is 56.5 Å². The molecular weight excluding hydrogens is 397 g/mol. The van der Waals surface area contributed by atoms with Gasteiger partial charge in [-0.3, -0.25) is 4.79 Å². The van der Waals surface area contributed by atoms with Gasteiger partial charge >= 0.3 is 6.16 Å². The molecule has 0 saturated carbocycles. The Labute approximate surface area is 152 Å². The van der Waals surface area contributed by atoms with Crippen LogP contribution in [0.25, 0.3) is 0 Å². The lowest BCUT2D eigenvalue weighted by molar-refractivity contribution is -0.146. The van der Waals surface area contributed by atoms with Gasteiger partial charge in [-0.05, 0) is 24.4 Å². The number of nitrogens with one attached hydrogen (secondary N) is 1. The first kappa shape index (κ1) is 19.9. The molecule has 1 rings (SSSR count). The van der Waals surface area contributed by atoms with Gasteiger partial charge in [0.2, 0.25) is 14.1 Å². The molecule has 1 aliphatic heterocycles. The minimum absolute atomic E-state index is 0.0235. The van der Waals surface area contributed by atoms with E-state index in [1.807, 2.05) is 6.92 Å². The number of carbonyl (C=O) groups excluding carboxylic acids is 2. The largest absolute Gasteiger partial charge is 0.508 e. The lowest BCUT2D eigenvalue weighted by Crippen LogP contribution is -2.60. The number of rotatable bonds is 6. The van der Waals surface area contributed by atoms with Crippen LogP contribution in [0.5, 0.6) is 0 Å². The van der Waals surface area contributed by atoms with E-state index in [9.17, 15) is 9.59 Å². The molecule has 0 bridgehead atoms. The maximum atomic E-state index is 11.4. The van der Waals surface area contributed by atoms with Crippen LogP contribution in [0.3, 0.4) is 0 Å². The normalized spacial score (nSPS) is 20.6. The van der Waals surface area contributed by atoms with Crippen LogP contribution >= 0.6 is 58.8 Å². The van der Waals surface area contributed by atoms with Crippen molar-refractivity contribution in [3.05, 3.63) is 0 Å². The summed E-state index contributed by atoms with van der Waals surface area (Å²) >= 11 is 22.6. The highest BCUT2D eigenvalue weighted by atomic mass is 35.6. The molecule has 6 nitrogen and oxygen atoms in total. The third-order valence-electron chi connectivity index (χ3n) is 2.47. The van der Waals surface area contributed by atoms with Gasteiger partial charge in [0, 0.05) is 0 Å². The van der Waals surface area contributed by atoms with Crippen molar-refractivity contribution in [3.63, 3.8) is 0 Å². The molecule has 1 fully saturated rings. The molecule has 1 aliphatic rings. The fourth-order valence-corrected chi connectivity index (χ4v) is 2.52. The van der Waals surface area contributed by atoms with Crippen LogP contribution in [0.1, 0.15) is 13.3 Å². The third kappa shape index (κ3) is 7.41. The SMILES string of the molecule is CCSC(=S)O[C@H]1NC(=O)[C@@H]1CCOC(=O)OCC(Cl)(Cl)Cl. The summed E-state index contributed by atoms with van der Waals surface area (Å²) in [5.41, 5.74) is 0. The number of alkyl halides is 3. The Kier molecular flexibility index (Phi) is 8.34. The Morgan fingerprint density at radius 2 is 2.09 bits per heavy atom. The summed E-state index contributed by atoms with van der Waals surface area (Å²) in [6.45, 7) is 1.49. The van der Waals surface area contributed by atoms with Gasteiger partial charge in [-0.25, -0.2) is 4.79 Å². The van der Waals surface area contributed by atoms with Crippen molar-refractivity contribution in [1.82, 2.24) is 5.32 Å². The number of halogens is 3. The average molecular weight is 411 g/mol. The van der Waals surface area contributed by atoms with Crippen molar-refractivity contribution in [1.29, 1.82) is 0 Å². The van der Waals surface area contributed by atoms with Gasteiger partial charge in [0.25, 0.3) is 0 Å². The molecule has 0 unspecified atom stereocenters. The Bertz CT molecular complexity index is 432. The minimum atomic E-state index is -1.70. The lowest BCUT2D eigenvalue weighted by Gasteiger charge is -2.36. The van der Waals surface area contributed by atoms with E-state index >= 15 is 0 Å². The van der Waals surface area contributed by atoms with E-state index in [1.165, 1.54) is 11.8 Å². The van der Waals surface area contributed by atoms with Crippen LogP contribution in [-0.4, -0.2) is 45.4 Å². The number of carbonyl (C=O) groups is 2.